The number of hydrogen-bond donors (Lipinski definition) is 1. The molecule has 0 radical (unpaired) electrons. The highest BCUT2D eigenvalue weighted by molar-refractivity contribution is 5.96. The summed E-state index contributed by atoms with van der Waals surface area (Å²) in [7, 11) is 4.51. The molecule has 150 valence electrons. The van der Waals surface area contributed by atoms with Gasteiger partial charge in [-0.25, -0.2) is 4.79 Å². The largest absolute Gasteiger partial charge is 0.496 e. The molecule has 1 amide bonds. The van der Waals surface area contributed by atoms with Crippen molar-refractivity contribution in [2.45, 2.75) is 20.0 Å². The molecule has 0 bridgehead atoms. The Hall–Kier alpha value is -3.49. The number of carbonyl (C=O) groups is 2. The fourth-order valence-electron chi connectivity index (χ4n) is 2.26. The van der Waals surface area contributed by atoms with E-state index in [4.69, 9.17) is 23.5 Å². The lowest BCUT2D eigenvalue weighted by molar-refractivity contribution is -0.148. The van der Waals surface area contributed by atoms with E-state index in [1.807, 2.05) is 0 Å². The van der Waals surface area contributed by atoms with E-state index in [1.165, 1.54) is 40.4 Å². The van der Waals surface area contributed by atoms with E-state index < -0.39 is 18.0 Å². The van der Waals surface area contributed by atoms with Crippen molar-refractivity contribution in [3.05, 3.63) is 35.6 Å². The fourth-order valence-corrected chi connectivity index (χ4v) is 2.26. The van der Waals surface area contributed by atoms with Gasteiger partial charge in [0.25, 0.3) is 5.91 Å². The summed E-state index contributed by atoms with van der Waals surface area (Å²) in [6, 6.07) is 4.85. The quantitative estimate of drug-likeness (QED) is 0.541. The van der Waals surface area contributed by atoms with Crippen molar-refractivity contribution in [3.63, 3.8) is 0 Å². The van der Waals surface area contributed by atoms with Crippen LogP contribution in [0.1, 0.15) is 18.2 Å². The first kappa shape index (κ1) is 20.8. The first-order valence-corrected chi connectivity index (χ1v) is 8.30. The Balaban J connectivity index is 2.03. The lowest BCUT2D eigenvalue weighted by atomic mass is 10.1. The van der Waals surface area contributed by atoms with Crippen LogP contribution in [0.5, 0.6) is 17.2 Å². The van der Waals surface area contributed by atoms with Crippen LogP contribution in [-0.4, -0.2) is 44.5 Å². The molecule has 0 spiro atoms. The van der Waals surface area contributed by atoms with Crippen molar-refractivity contribution in [2.24, 2.45) is 0 Å². The van der Waals surface area contributed by atoms with Gasteiger partial charge in [0.2, 0.25) is 0 Å². The van der Waals surface area contributed by atoms with Crippen molar-refractivity contribution in [1.82, 2.24) is 5.16 Å². The summed E-state index contributed by atoms with van der Waals surface area (Å²) in [4.78, 5) is 24.1. The van der Waals surface area contributed by atoms with Gasteiger partial charge in [0, 0.05) is 23.8 Å². The number of esters is 1. The van der Waals surface area contributed by atoms with E-state index in [0.717, 1.165) is 0 Å². The molecule has 1 N–H and O–H groups in total. The molecule has 0 fully saturated rings. The number of nitrogens with one attached hydrogen (secondary N) is 1. The van der Waals surface area contributed by atoms with Crippen LogP contribution in [0.2, 0.25) is 0 Å². The van der Waals surface area contributed by atoms with Crippen LogP contribution in [0.4, 0.5) is 5.82 Å². The number of ether oxygens (including phenoxy) is 4. The number of amides is 1. The third kappa shape index (κ3) is 5.26. The van der Waals surface area contributed by atoms with Gasteiger partial charge in [0.1, 0.15) is 11.5 Å². The van der Waals surface area contributed by atoms with Crippen molar-refractivity contribution in [2.75, 3.05) is 26.6 Å². The van der Waals surface area contributed by atoms with Crippen LogP contribution in [0.15, 0.2) is 28.8 Å². The van der Waals surface area contributed by atoms with Gasteiger partial charge >= 0.3 is 5.97 Å². The second-order valence-corrected chi connectivity index (χ2v) is 5.67. The van der Waals surface area contributed by atoms with Gasteiger partial charge in [0.15, 0.2) is 23.4 Å². The minimum Gasteiger partial charge on any atom is -0.496 e. The van der Waals surface area contributed by atoms with Gasteiger partial charge in [-0.3, -0.25) is 4.79 Å². The Kier molecular flexibility index (Phi) is 7.02. The third-order valence-electron chi connectivity index (χ3n) is 3.68. The number of aryl methyl sites for hydroxylation is 1. The molecule has 1 heterocycles. The first-order valence-electron chi connectivity index (χ1n) is 8.30. The molecule has 0 unspecified atom stereocenters. The number of methoxy groups -OCH3 is 3. The van der Waals surface area contributed by atoms with Crippen LogP contribution in [0, 0.1) is 6.92 Å². The molecule has 0 aliphatic heterocycles. The van der Waals surface area contributed by atoms with Crippen molar-refractivity contribution < 1.29 is 33.1 Å². The highest BCUT2D eigenvalue weighted by Crippen LogP contribution is 2.35. The zero-order valence-corrected chi connectivity index (χ0v) is 16.3. The summed E-state index contributed by atoms with van der Waals surface area (Å²) < 4.78 is 25.7. The molecule has 28 heavy (non-hydrogen) atoms. The zero-order chi connectivity index (χ0) is 20.7. The molecule has 1 aromatic heterocycles. The lowest BCUT2D eigenvalue weighted by Crippen LogP contribution is -2.29. The van der Waals surface area contributed by atoms with Gasteiger partial charge in [-0.05, 0) is 26.0 Å². The Morgan fingerprint density at radius 2 is 1.71 bits per heavy atom. The monoisotopic (exact) mass is 390 g/mol. The molecule has 0 saturated carbocycles. The van der Waals surface area contributed by atoms with Crippen LogP contribution in [0.25, 0.3) is 6.08 Å². The molecule has 9 heteroatoms. The SMILES string of the molecule is COc1cc(OC)c(OC)cc1/C=C/C(=O)O[C@@H](C)C(=O)Nc1cc(C)on1. The number of nitrogens with zero attached hydrogens (tertiary/aromatic N) is 1. The van der Waals surface area contributed by atoms with E-state index in [9.17, 15) is 9.59 Å². The lowest BCUT2D eigenvalue weighted by Gasteiger charge is -2.12. The predicted octanol–water partition coefficient (Wildman–Crippen LogP) is 2.59. The maximum Gasteiger partial charge on any atom is 0.331 e. The molecule has 1 atom stereocenters. The van der Waals surface area contributed by atoms with Crippen LogP contribution in [-0.2, 0) is 14.3 Å². The Bertz CT molecular complexity index is 873. The van der Waals surface area contributed by atoms with Crippen LogP contribution in [0.3, 0.4) is 0 Å². The van der Waals surface area contributed by atoms with E-state index in [2.05, 4.69) is 10.5 Å². The number of aromatic nitrogens is 1. The molecule has 2 aromatic rings. The number of rotatable bonds is 8. The smallest absolute Gasteiger partial charge is 0.331 e. The topological polar surface area (TPSA) is 109 Å². The first-order chi connectivity index (χ1) is 13.4. The zero-order valence-electron chi connectivity index (χ0n) is 16.3. The van der Waals surface area contributed by atoms with E-state index in [0.29, 0.717) is 28.6 Å². The maximum absolute atomic E-state index is 12.0. The summed E-state index contributed by atoms with van der Waals surface area (Å²) in [6.45, 7) is 3.14. The minimum atomic E-state index is -1.03. The van der Waals surface area contributed by atoms with Gasteiger partial charge in [-0.1, -0.05) is 5.16 Å². The molecule has 9 nitrogen and oxygen atoms in total. The standard InChI is InChI=1S/C19H22N2O7/c1-11-8-17(21-28-11)20-19(23)12(2)27-18(22)7-6-13-9-15(25-4)16(26-5)10-14(13)24-3/h6-10,12H,1-5H3,(H,20,21,23)/b7-6+/t12-/m0/s1. The number of carbonyl (C=O) groups excluding carboxylic acids is 2. The van der Waals surface area contributed by atoms with Crippen molar-refractivity contribution >= 4 is 23.8 Å². The van der Waals surface area contributed by atoms with Crippen LogP contribution >= 0.6 is 0 Å². The Labute approximate surface area is 162 Å². The second kappa shape index (κ2) is 9.45. The summed E-state index contributed by atoms with van der Waals surface area (Å²) in [5, 5.41) is 6.14. The molecule has 0 saturated heterocycles. The highest BCUT2D eigenvalue weighted by Gasteiger charge is 2.18. The van der Waals surface area contributed by atoms with Gasteiger partial charge < -0.3 is 28.8 Å². The van der Waals surface area contributed by atoms with E-state index >= 15 is 0 Å². The maximum atomic E-state index is 12.0. The molecule has 1 aromatic carbocycles. The molecular formula is C19H22N2O7. The molecular weight excluding hydrogens is 368 g/mol. The van der Waals surface area contributed by atoms with Gasteiger partial charge in [0.05, 0.1) is 21.3 Å². The van der Waals surface area contributed by atoms with Gasteiger partial charge in [-0.2, -0.15) is 0 Å². The Morgan fingerprint density at radius 1 is 1.07 bits per heavy atom. The highest BCUT2D eigenvalue weighted by atomic mass is 16.5. The van der Waals surface area contributed by atoms with E-state index in [-0.39, 0.29) is 5.82 Å². The number of hydrogen-bond acceptors (Lipinski definition) is 8. The second-order valence-electron chi connectivity index (χ2n) is 5.67. The fraction of sp³-hybridized carbons (Fsp3) is 0.316. The molecule has 2 rings (SSSR count). The normalized spacial score (nSPS) is 11.8. The predicted molar refractivity (Wildman–Crippen MR) is 101 cm³/mol. The van der Waals surface area contributed by atoms with Gasteiger partial charge in [-0.15, -0.1) is 0 Å². The average Bonchev–Trinajstić information content (AvgIpc) is 3.09. The Morgan fingerprint density at radius 3 is 2.29 bits per heavy atom. The summed E-state index contributed by atoms with van der Waals surface area (Å²) >= 11 is 0. The van der Waals surface area contributed by atoms with Crippen molar-refractivity contribution in [3.8, 4) is 17.2 Å². The number of anilines is 1. The molecule has 0 aliphatic carbocycles. The van der Waals surface area contributed by atoms with E-state index in [1.54, 1.807) is 25.1 Å². The van der Waals surface area contributed by atoms with Crippen LogP contribution < -0.4 is 19.5 Å². The van der Waals surface area contributed by atoms with Crippen molar-refractivity contribution in [1.29, 1.82) is 0 Å². The third-order valence-corrected chi connectivity index (χ3v) is 3.68. The number of benzene rings is 1. The molecule has 0 aliphatic rings. The summed E-state index contributed by atoms with van der Waals surface area (Å²) in [5.41, 5.74) is 0.576. The minimum absolute atomic E-state index is 0.246. The summed E-state index contributed by atoms with van der Waals surface area (Å²) in [6.07, 6.45) is 1.66. The average molecular weight is 390 g/mol. The summed E-state index contributed by atoms with van der Waals surface area (Å²) in [5.74, 6) is 1.02.